The van der Waals surface area contributed by atoms with Crippen LogP contribution in [0.5, 0.6) is 0 Å². The number of carbonyl (C=O) groups excluding carboxylic acids is 2. The molecule has 6 nitrogen and oxygen atoms in total. The maximum Gasteiger partial charge on any atom is 0.240 e. The van der Waals surface area contributed by atoms with Gasteiger partial charge in [0.2, 0.25) is 11.8 Å². The van der Waals surface area contributed by atoms with Gasteiger partial charge in [-0.2, -0.15) is 5.10 Å². The fraction of sp³-hybridized carbons (Fsp3) is 0.414. The summed E-state index contributed by atoms with van der Waals surface area (Å²) in [5, 5.41) is 7.79. The molecule has 3 aromatic rings. The summed E-state index contributed by atoms with van der Waals surface area (Å²) in [6.45, 7) is 12.1. The first-order chi connectivity index (χ1) is 17.5. The van der Waals surface area contributed by atoms with Gasteiger partial charge in [0.25, 0.3) is 0 Å². The van der Waals surface area contributed by atoms with Crippen molar-refractivity contribution in [1.82, 2.24) is 15.1 Å². The van der Waals surface area contributed by atoms with E-state index >= 15 is 0 Å². The minimum atomic E-state index is -0.398. The number of thioether (sulfide) groups is 1. The first-order valence-electron chi connectivity index (χ1n) is 12.7. The van der Waals surface area contributed by atoms with Crippen LogP contribution in [0.2, 0.25) is 0 Å². The molecule has 1 aromatic heterocycles. The van der Waals surface area contributed by atoms with Gasteiger partial charge in [0, 0.05) is 17.0 Å². The monoisotopic (exact) mass is 522 g/mol. The van der Waals surface area contributed by atoms with Gasteiger partial charge < -0.3 is 5.32 Å². The van der Waals surface area contributed by atoms with Gasteiger partial charge in [-0.15, -0.1) is 11.8 Å². The minimum Gasteiger partial charge on any atom is -0.352 e. The highest BCUT2D eigenvalue weighted by atomic mass is 32.2. The van der Waals surface area contributed by atoms with Gasteiger partial charge in [0.1, 0.15) is 18.2 Å². The number of aromatic nitrogens is 2. The first kappa shape index (κ1) is 26.9. The van der Waals surface area contributed by atoms with Gasteiger partial charge in [-0.05, 0) is 44.0 Å². The van der Waals surface area contributed by atoms with Crippen LogP contribution in [-0.2, 0) is 15.0 Å². The number of aryl methyl sites for hydroxylation is 1. The van der Waals surface area contributed by atoms with E-state index in [0.717, 1.165) is 28.8 Å². The maximum absolute atomic E-state index is 14.4. The Bertz CT molecular complexity index is 1310. The summed E-state index contributed by atoms with van der Waals surface area (Å²) >= 11 is 1.54. The van der Waals surface area contributed by atoms with Crippen LogP contribution in [0.4, 0.5) is 10.2 Å². The summed E-state index contributed by atoms with van der Waals surface area (Å²) in [7, 11) is 0. The smallest absolute Gasteiger partial charge is 0.240 e. The Morgan fingerprint density at radius 1 is 1.22 bits per heavy atom. The van der Waals surface area contributed by atoms with E-state index in [2.05, 4.69) is 38.2 Å². The summed E-state index contributed by atoms with van der Waals surface area (Å²) in [5.74, 6) is -0.0897. The fourth-order valence-electron chi connectivity index (χ4n) is 4.52. The lowest BCUT2D eigenvalue weighted by Crippen LogP contribution is -2.44. The van der Waals surface area contributed by atoms with Gasteiger partial charge in [0.05, 0.1) is 22.4 Å². The van der Waals surface area contributed by atoms with Crippen LogP contribution in [0.3, 0.4) is 0 Å². The number of nitrogens with one attached hydrogen (secondary N) is 1. The van der Waals surface area contributed by atoms with E-state index in [4.69, 9.17) is 5.10 Å². The highest BCUT2D eigenvalue weighted by Crippen LogP contribution is 2.48. The summed E-state index contributed by atoms with van der Waals surface area (Å²) < 4.78 is 16.0. The molecule has 196 valence electrons. The molecule has 0 bridgehead atoms. The molecule has 0 unspecified atom stereocenters. The first-order valence-corrected chi connectivity index (χ1v) is 13.7. The highest BCUT2D eigenvalue weighted by Gasteiger charge is 2.40. The number of rotatable bonds is 6. The van der Waals surface area contributed by atoms with E-state index in [9.17, 15) is 14.0 Å². The topological polar surface area (TPSA) is 67.2 Å². The number of hydrogen-bond acceptors (Lipinski definition) is 4. The molecule has 0 saturated carbocycles. The van der Waals surface area contributed by atoms with Crippen molar-refractivity contribution in [1.29, 1.82) is 0 Å². The molecule has 2 aromatic carbocycles. The zero-order valence-corrected chi connectivity index (χ0v) is 23.2. The van der Waals surface area contributed by atoms with E-state index in [1.165, 1.54) is 28.8 Å². The maximum atomic E-state index is 14.4. The highest BCUT2D eigenvalue weighted by molar-refractivity contribution is 8.00. The van der Waals surface area contributed by atoms with E-state index < -0.39 is 5.82 Å². The normalized spacial score (nSPS) is 16.8. The average molecular weight is 523 g/mol. The lowest BCUT2D eigenvalue weighted by molar-refractivity contribution is -0.123. The number of nitrogens with zero attached hydrogens (tertiary/aromatic N) is 3. The van der Waals surface area contributed by atoms with Gasteiger partial charge in [-0.1, -0.05) is 63.6 Å². The molecule has 1 N–H and O–H groups in total. The molecule has 0 saturated heterocycles. The molecular weight excluding hydrogens is 487 g/mol. The molecule has 2 atom stereocenters. The molecular formula is C29H35FN4O2S. The van der Waals surface area contributed by atoms with Crippen molar-refractivity contribution in [3.05, 3.63) is 76.7 Å². The summed E-state index contributed by atoms with van der Waals surface area (Å²) in [6, 6.07) is 14.4. The van der Waals surface area contributed by atoms with E-state index in [1.54, 1.807) is 16.8 Å². The zero-order chi connectivity index (χ0) is 26.9. The molecule has 2 heterocycles. The molecule has 8 heteroatoms. The van der Waals surface area contributed by atoms with Gasteiger partial charge >= 0.3 is 0 Å². The summed E-state index contributed by atoms with van der Waals surface area (Å²) in [4.78, 5) is 28.2. The Morgan fingerprint density at radius 2 is 1.95 bits per heavy atom. The quantitative estimate of drug-likeness (QED) is 0.451. The molecule has 0 spiro atoms. The van der Waals surface area contributed by atoms with Gasteiger partial charge in [-0.25, -0.2) is 9.07 Å². The number of hydrogen-bond donors (Lipinski definition) is 1. The average Bonchev–Trinajstić information content (AvgIpc) is 3.17. The van der Waals surface area contributed by atoms with Crippen LogP contribution in [-0.4, -0.2) is 39.9 Å². The third-order valence-electron chi connectivity index (χ3n) is 6.52. The third kappa shape index (κ3) is 5.74. The van der Waals surface area contributed by atoms with Crippen LogP contribution >= 0.6 is 11.8 Å². The molecule has 0 radical (unpaired) electrons. The second-order valence-corrected chi connectivity index (χ2v) is 11.8. The Hall–Kier alpha value is -3.13. The summed E-state index contributed by atoms with van der Waals surface area (Å²) in [5.41, 5.74) is 4.01. The van der Waals surface area contributed by atoms with Crippen molar-refractivity contribution in [2.24, 2.45) is 0 Å². The van der Waals surface area contributed by atoms with Crippen LogP contribution in [0, 0.1) is 12.7 Å². The van der Waals surface area contributed by atoms with E-state index in [1.807, 2.05) is 32.9 Å². The standard InChI is InChI=1S/C29H35FN4O2S/c1-7-19(3)31-23(35)16-33-24(36)17-37-26(20-11-8-10-18(2)14-20)25-27(29(4,5)6)32-34(28(25)33)22-13-9-12-21(30)15-22/h8-15,19,26H,7,16-17H2,1-6H3,(H,31,35)/t19-,26-/m0/s1. The number of anilines is 1. The molecule has 0 aliphatic carbocycles. The Morgan fingerprint density at radius 3 is 2.59 bits per heavy atom. The van der Waals surface area contributed by atoms with Crippen LogP contribution in [0.25, 0.3) is 5.69 Å². The number of benzene rings is 2. The van der Waals surface area contributed by atoms with Crippen LogP contribution in [0.15, 0.2) is 48.5 Å². The Kier molecular flexibility index (Phi) is 7.78. The van der Waals surface area contributed by atoms with Crippen molar-refractivity contribution in [3.63, 3.8) is 0 Å². The van der Waals surface area contributed by atoms with Gasteiger partial charge in [-0.3, -0.25) is 14.5 Å². The van der Waals surface area contributed by atoms with E-state index in [-0.39, 0.29) is 40.8 Å². The lowest BCUT2D eigenvalue weighted by Gasteiger charge is -2.25. The number of halogens is 1. The minimum absolute atomic E-state index is 0.0123. The Balaban J connectivity index is 1.99. The van der Waals surface area contributed by atoms with Gasteiger partial charge in [0.15, 0.2) is 0 Å². The second kappa shape index (κ2) is 10.7. The van der Waals surface area contributed by atoms with Crippen molar-refractivity contribution in [3.8, 4) is 5.69 Å². The molecule has 2 amide bonds. The van der Waals surface area contributed by atoms with Crippen molar-refractivity contribution in [2.75, 3.05) is 17.2 Å². The lowest BCUT2D eigenvalue weighted by atomic mass is 9.87. The molecule has 1 aliphatic heterocycles. The van der Waals surface area contributed by atoms with Crippen molar-refractivity contribution < 1.29 is 14.0 Å². The Labute approximate surface area is 222 Å². The molecule has 37 heavy (non-hydrogen) atoms. The summed E-state index contributed by atoms with van der Waals surface area (Å²) in [6.07, 6.45) is 0.783. The van der Waals surface area contributed by atoms with Crippen LogP contribution in [0.1, 0.15) is 68.7 Å². The molecule has 4 rings (SSSR count). The number of amides is 2. The number of carbonyl (C=O) groups is 2. The predicted molar refractivity (Wildman–Crippen MR) is 148 cm³/mol. The van der Waals surface area contributed by atoms with E-state index in [0.29, 0.717) is 11.5 Å². The molecule has 0 fully saturated rings. The number of fused-ring (bicyclic) bond motifs is 1. The predicted octanol–water partition coefficient (Wildman–Crippen LogP) is 5.70. The fourth-order valence-corrected chi connectivity index (χ4v) is 5.71. The molecule has 1 aliphatic rings. The van der Waals surface area contributed by atoms with Crippen LogP contribution < -0.4 is 10.2 Å². The largest absolute Gasteiger partial charge is 0.352 e. The van der Waals surface area contributed by atoms with Crippen molar-refractivity contribution in [2.45, 2.75) is 64.7 Å². The zero-order valence-electron chi connectivity index (χ0n) is 22.3. The SMILES string of the molecule is CC[C@H](C)NC(=O)CN1C(=O)CS[C@@H](c2cccc(C)c2)c2c(C(C)(C)C)nn(-c3cccc(F)c3)c21. The van der Waals surface area contributed by atoms with Crippen molar-refractivity contribution >= 4 is 29.4 Å². The third-order valence-corrected chi connectivity index (χ3v) is 7.77. The second-order valence-electron chi connectivity index (χ2n) is 10.7.